The third-order valence-corrected chi connectivity index (χ3v) is 6.26. The zero-order valence-electron chi connectivity index (χ0n) is 14.5. The van der Waals surface area contributed by atoms with Crippen LogP contribution in [-0.4, -0.2) is 21.6 Å². The van der Waals surface area contributed by atoms with Gasteiger partial charge in [-0.15, -0.1) is 0 Å². The average molecular weight is 321 g/mol. The number of hydrogen-bond donors (Lipinski definition) is 1. The van der Waals surface area contributed by atoms with Gasteiger partial charge in [-0.05, 0) is 63.7 Å². The summed E-state index contributed by atoms with van der Waals surface area (Å²) in [7, 11) is 0. The molecule has 2 nitrogen and oxygen atoms in total. The van der Waals surface area contributed by atoms with Gasteiger partial charge in [-0.25, -0.2) is 0 Å². The van der Waals surface area contributed by atoms with Crippen LogP contribution in [0.4, 0.5) is 0 Å². The fraction of sp³-hybridized carbons (Fsp3) is 0.842. The van der Waals surface area contributed by atoms with Crippen LogP contribution in [0.15, 0.2) is 11.8 Å². The van der Waals surface area contributed by atoms with Crippen LogP contribution in [0.1, 0.15) is 78.6 Å². The number of nitrogens with zero attached hydrogens (tertiary/aromatic N) is 1. The number of allylic oxidation sites excluding steroid dienone is 1. The summed E-state index contributed by atoms with van der Waals surface area (Å²) in [5.74, 6) is 1.78. The van der Waals surface area contributed by atoms with Crippen LogP contribution in [0.3, 0.4) is 0 Å². The van der Waals surface area contributed by atoms with Crippen LogP contribution in [0.2, 0.25) is 0 Å². The monoisotopic (exact) mass is 320 g/mol. The van der Waals surface area contributed by atoms with Crippen molar-refractivity contribution in [1.82, 2.24) is 10.2 Å². The van der Waals surface area contributed by atoms with Crippen molar-refractivity contribution in [1.29, 1.82) is 0 Å². The Kier molecular flexibility index (Phi) is 4.82. The summed E-state index contributed by atoms with van der Waals surface area (Å²) in [6.45, 7) is 6.67. The van der Waals surface area contributed by atoms with E-state index in [1.165, 1.54) is 63.5 Å². The minimum atomic E-state index is -0.00727. The lowest BCUT2D eigenvalue weighted by Gasteiger charge is -2.49. The predicted octanol–water partition coefficient (Wildman–Crippen LogP) is 5.00. The van der Waals surface area contributed by atoms with Crippen LogP contribution >= 0.6 is 12.2 Å². The van der Waals surface area contributed by atoms with Crippen LogP contribution in [0.5, 0.6) is 0 Å². The highest BCUT2D eigenvalue weighted by Crippen LogP contribution is 2.42. The number of nitrogens with one attached hydrogen (secondary N) is 1. The molecule has 0 aromatic carbocycles. The lowest BCUT2D eigenvalue weighted by Crippen LogP contribution is -2.58. The molecule has 3 rings (SSSR count). The minimum Gasteiger partial charge on any atom is -0.354 e. The molecule has 0 saturated heterocycles. The van der Waals surface area contributed by atoms with Gasteiger partial charge in [0.05, 0.1) is 5.54 Å². The summed E-state index contributed by atoms with van der Waals surface area (Å²) in [4.78, 5) is 2.47. The van der Waals surface area contributed by atoms with E-state index in [-0.39, 0.29) is 5.54 Å². The number of hydrogen-bond acceptors (Lipinski definition) is 1. The van der Waals surface area contributed by atoms with Gasteiger partial charge in [0.1, 0.15) is 0 Å². The van der Waals surface area contributed by atoms with Crippen molar-refractivity contribution in [2.45, 2.75) is 90.1 Å². The van der Waals surface area contributed by atoms with Crippen LogP contribution < -0.4 is 5.32 Å². The molecule has 0 amide bonds. The molecule has 1 heterocycles. The van der Waals surface area contributed by atoms with Crippen molar-refractivity contribution in [3.05, 3.63) is 11.8 Å². The zero-order chi connectivity index (χ0) is 15.7. The average Bonchev–Trinajstić information content (AvgIpc) is 2.46. The van der Waals surface area contributed by atoms with Gasteiger partial charge in [0, 0.05) is 11.7 Å². The molecule has 3 aliphatic rings. The van der Waals surface area contributed by atoms with E-state index in [4.69, 9.17) is 12.2 Å². The molecule has 0 spiro atoms. The maximum absolute atomic E-state index is 5.76. The summed E-state index contributed by atoms with van der Waals surface area (Å²) in [6, 6.07) is 0.629. The second-order valence-corrected chi connectivity index (χ2v) is 8.61. The topological polar surface area (TPSA) is 15.3 Å². The van der Waals surface area contributed by atoms with Crippen molar-refractivity contribution < 1.29 is 0 Å². The minimum absolute atomic E-state index is 0.00727. The van der Waals surface area contributed by atoms with E-state index in [1.807, 2.05) is 0 Å². The highest BCUT2D eigenvalue weighted by atomic mass is 32.1. The molecule has 2 atom stereocenters. The molecule has 124 valence electrons. The van der Waals surface area contributed by atoms with Crippen molar-refractivity contribution in [2.24, 2.45) is 11.8 Å². The fourth-order valence-electron chi connectivity index (χ4n) is 5.11. The summed E-state index contributed by atoms with van der Waals surface area (Å²) in [5.41, 5.74) is 1.36. The molecule has 0 aromatic rings. The van der Waals surface area contributed by atoms with Gasteiger partial charge in [0.15, 0.2) is 5.11 Å². The van der Waals surface area contributed by atoms with E-state index in [2.05, 4.69) is 37.1 Å². The van der Waals surface area contributed by atoms with Crippen molar-refractivity contribution in [3.8, 4) is 0 Å². The Bertz CT molecular complexity index is 448. The summed E-state index contributed by atoms with van der Waals surface area (Å²) >= 11 is 5.76. The quantitative estimate of drug-likeness (QED) is 0.721. The molecule has 0 radical (unpaired) electrons. The van der Waals surface area contributed by atoms with Crippen LogP contribution in [0.25, 0.3) is 0 Å². The van der Waals surface area contributed by atoms with Gasteiger partial charge < -0.3 is 10.2 Å². The van der Waals surface area contributed by atoms with Crippen molar-refractivity contribution in [2.75, 3.05) is 0 Å². The largest absolute Gasteiger partial charge is 0.354 e. The van der Waals surface area contributed by atoms with E-state index < -0.39 is 0 Å². The Morgan fingerprint density at radius 2 is 1.68 bits per heavy atom. The maximum Gasteiger partial charge on any atom is 0.174 e. The van der Waals surface area contributed by atoms with Gasteiger partial charge in [0.2, 0.25) is 0 Å². The molecule has 3 heteroatoms. The molecule has 2 unspecified atom stereocenters. The third kappa shape index (κ3) is 3.34. The SMILES string of the molecule is CC1=CC(C)(C)NC(=S)N1C1CCCCC1C1CCCCC1. The molecule has 2 saturated carbocycles. The standard InChI is InChI=1S/C19H32N2S/c1-14-13-19(2,3)20-18(22)21(14)17-12-8-7-11-16(17)15-9-5-4-6-10-15/h13,15-17H,4-12H2,1-3H3,(H,20,22). The normalized spacial score (nSPS) is 33.3. The van der Waals surface area contributed by atoms with Gasteiger partial charge in [0.25, 0.3) is 0 Å². The summed E-state index contributed by atoms with van der Waals surface area (Å²) in [6.07, 6.45) is 15.1. The lowest BCUT2D eigenvalue weighted by atomic mass is 9.70. The van der Waals surface area contributed by atoms with Gasteiger partial charge in [-0.1, -0.05) is 44.9 Å². The summed E-state index contributed by atoms with van der Waals surface area (Å²) < 4.78 is 0. The highest BCUT2D eigenvalue weighted by molar-refractivity contribution is 7.80. The maximum atomic E-state index is 5.76. The fourth-order valence-corrected chi connectivity index (χ4v) is 5.65. The Morgan fingerprint density at radius 1 is 1.05 bits per heavy atom. The predicted molar refractivity (Wildman–Crippen MR) is 97.7 cm³/mol. The van der Waals surface area contributed by atoms with E-state index in [1.54, 1.807) is 0 Å². The first-order chi connectivity index (χ1) is 10.5. The second-order valence-electron chi connectivity index (χ2n) is 8.22. The highest BCUT2D eigenvalue weighted by Gasteiger charge is 2.39. The van der Waals surface area contributed by atoms with Crippen molar-refractivity contribution in [3.63, 3.8) is 0 Å². The molecule has 2 aliphatic carbocycles. The van der Waals surface area contributed by atoms with Crippen LogP contribution in [0, 0.1) is 11.8 Å². The second kappa shape index (κ2) is 6.51. The first-order valence-electron chi connectivity index (χ1n) is 9.29. The molecule has 1 aliphatic heterocycles. The Labute approximate surface area is 141 Å². The van der Waals surface area contributed by atoms with E-state index in [9.17, 15) is 0 Å². The molecule has 0 aromatic heterocycles. The van der Waals surface area contributed by atoms with Gasteiger partial charge >= 0.3 is 0 Å². The van der Waals surface area contributed by atoms with Crippen LogP contribution in [-0.2, 0) is 0 Å². The lowest BCUT2D eigenvalue weighted by molar-refractivity contribution is 0.109. The van der Waals surface area contributed by atoms with E-state index in [0.29, 0.717) is 6.04 Å². The third-order valence-electron chi connectivity index (χ3n) is 5.97. The Morgan fingerprint density at radius 3 is 2.36 bits per heavy atom. The van der Waals surface area contributed by atoms with Gasteiger partial charge in [-0.3, -0.25) is 0 Å². The Balaban J connectivity index is 1.82. The van der Waals surface area contributed by atoms with E-state index in [0.717, 1.165) is 16.9 Å². The van der Waals surface area contributed by atoms with Crippen molar-refractivity contribution >= 4 is 17.3 Å². The zero-order valence-corrected chi connectivity index (χ0v) is 15.3. The molecule has 0 bridgehead atoms. The first-order valence-corrected chi connectivity index (χ1v) is 9.69. The Hall–Kier alpha value is -0.570. The molecule has 2 fully saturated rings. The first kappa shape index (κ1) is 16.3. The molecule has 1 N–H and O–H groups in total. The summed E-state index contributed by atoms with van der Waals surface area (Å²) in [5, 5.41) is 4.49. The van der Waals surface area contributed by atoms with Gasteiger partial charge in [-0.2, -0.15) is 0 Å². The number of rotatable bonds is 2. The van der Waals surface area contributed by atoms with E-state index >= 15 is 0 Å². The smallest absolute Gasteiger partial charge is 0.174 e. The molecule has 22 heavy (non-hydrogen) atoms. The molecular weight excluding hydrogens is 288 g/mol. The molecular formula is C19H32N2S. The number of thiocarbonyl (C=S) groups is 1.